The molecule has 0 spiro atoms. The number of ether oxygens (including phenoxy) is 2. The molecular formula is C23H33N3O4. The first-order chi connectivity index (χ1) is 14.4. The van der Waals surface area contributed by atoms with Crippen LogP contribution in [0.5, 0.6) is 0 Å². The standard InChI is InChI=1S/C23H33N3O4/c1-4-13-14-8-12(29-3)6-7-18(14)25-20-15(13)10-26-19(20)9-17-16(21(26)27)11-30-22(28)23(17,24)5-2/h9,12-15,18,20,25H,4-8,10-11,24H2,1-3H3/t12?,13?,14?,15?,18?,20?,23-/m0/s1. The highest BCUT2D eigenvalue weighted by Gasteiger charge is 2.51. The summed E-state index contributed by atoms with van der Waals surface area (Å²) in [5, 5.41) is 3.90. The molecule has 164 valence electrons. The number of pyridine rings is 1. The maximum Gasteiger partial charge on any atom is 0.331 e. The number of cyclic esters (lactones) is 1. The smallest absolute Gasteiger partial charge is 0.331 e. The summed E-state index contributed by atoms with van der Waals surface area (Å²) in [6.07, 6.45) is 5.10. The average molecular weight is 416 g/mol. The van der Waals surface area contributed by atoms with Crippen molar-refractivity contribution < 1.29 is 14.3 Å². The van der Waals surface area contributed by atoms with Crippen molar-refractivity contribution in [3.63, 3.8) is 0 Å². The summed E-state index contributed by atoms with van der Waals surface area (Å²) < 4.78 is 12.9. The Hall–Kier alpha value is -1.70. The molecule has 0 amide bonds. The number of nitrogens with zero attached hydrogens (tertiary/aromatic N) is 1. The van der Waals surface area contributed by atoms with Crippen LogP contribution in [0.25, 0.3) is 0 Å². The van der Waals surface area contributed by atoms with E-state index in [1.807, 2.05) is 24.7 Å². The number of hydrogen-bond acceptors (Lipinski definition) is 6. The zero-order valence-electron chi connectivity index (χ0n) is 18.1. The van der Waals surface area contributed by atoms with E-state index >= 15 is 0 Å². The topological polar surface area (TPSA) is 95.6 Å². The van der Waals surface area contributed by atoms with Crippen molar-refractivity contribution in [1.29, 1.82) is 0 Å². The van der Waals surface area contributed by atoms with Gasteiger partial charge >= 0.3 is 5.97 Å². The zero-order chi connectivity index (χ0) is 21.2. The SMILES string of the molecule is CCC1C2CC(OC)CCC2NC2c3cc4c(c(=O)n3CC21)COC(=O)[C@]4(N)CC. The van der Waals surface area contributed by atoms with E-state index < -0.39 is 11.5 Å². The van der Waals surface area contributed by atoms with E-state index in [-0.39, 0.29) is 18.2 Å². The fourth-order valence-corrected chi connectivity index (χ4v) is 6.74. The lowest BCUT2D eigenvalue weighted by Gasteiger charge is -2.49. The Morgan fingerprint density at radius 1 is 1.30 bits per heavy atom. The highest BCUT2D eigenvalue weighted by molar-refractivity contribution is 5.84. The van der Waals surface area contributed by atoms with Crippen LogP contribution in [0.3, 0.4) is 0 Å². The first kappa shape index (κ1) is 20.2. The molecule has 1 aromatic rings. The summed E-state index contributed by atoms with van der Waals surface area (Å²) >= 11 is 0. The van der Waals surface area contributed by atoms with Crippen molar-refractivity contribution >= 4 is 5.97 Å². The van der Waals surface area contributed by atoms with Gasteiger partial charge in [0.25, 0.3) is 5.56 Å². The monoisotopic (exact) mass is 415 g/mol. The Labute approximate surface area is 177 Å². The van der Waals surface area contributed by atoms with Gasteiger partial charge in [-0.2, -0.15) is 0 Å². The number of fused-ring (bicyclic) bond motifs is 5. The molecule has 7 nitrogen and oxygen atoms in total. The Bertz CT molecular complexity index is 928. The van der Waals surface area contributed by atoms with Crippen molar-refractivity contribution in [1.82, 2.24) is 9.88 Å². The van der Waals surface area contributed by atoms with Gasteiger partial charge in [-0.05, 0) is 49.1 Å². The number of methoxy groups -OCH3 is 1. The molecule has 3 N–H and O–H groups in total. The quantitative estimate of drug-likeness (QED) is 0.733. The van der Waals surface area contributed by atoms with Crippen LogP contribution >= 0.6 is 0 Å². The number of nitrogens with two attached hydrogens (primary N) is 1. The van der Waals surface area contributed by atoms with Crippen LogP contribution in [-0.2, 0) is 33.0 Å². The number of rotatable bonds is 3. The number of carbonyl (C=O) groups is 1. The summed E-state index contributed by atoms with van der Waals surface area (Å²) in [4.78, 5) is 25.9. The molecule has 3 aliphatic heterocycles. The number of piperidine rings is 1. The van der Waals surface area contributed by atoms with Crippen LogP contribution in [0.4, 0.5) is 0 Å². The van der Waals surface area contributed by atoms with Crippen LogP contribution in [-0.4, -0.2) is 29.8 Å². The Balaban J connectivity index is 1.58. The summed E-state index contributed by atoms with van der Waals surface area (Å²) in [5.74, 6) is 1.05. The second kappa shape index (κ2) is 7.18. The second-order valence-electron chi connectivity index (χ2n) is 9.60. The molecule has 0 aromatic carbocycles. The average Bonchev–Trinajstić information content (AvgIpc) is 3.13. The molecule has 4 aliphatic rings. The predicted octanol–water partition coefficient (Wildman–Crippen LogP) is 1.95. The van der Waals surface area contributed by atoms with E-state index in [0.29, 0.717) is 47.4 Å². The number of nitrogens with one attached hydrogen (secondary N) is 1. The molecule has 5 rings (SSSR count). The molecule has 1 saturated carbocycles. The lowest BCUT2D eigenvalue weighted by molar-refractivity contribution is -0.154. The van der Waals surface area contributed by atoms with E-state index in [1.54, 1.807) is 0 Å². The van der Waals surface area contributed by atoms with Gasteiger partial charge in [0.15, 0.2) is 0 Å². The van der Waals surface area contributed by atoms with Gasteiger partial charge in [0.1, 0.15) is 12.1 Å². The summed E-state index contributed by atoms with van der Waals surface area (Å²) in [7, 11) is 1.82. The maximum atomic E-state index is 13.4. The largest absolute Gasteiger partial charge is 0.459 e. The van der Waals surface area contributed by atoms with Gasteiger partial charge in [-0.1, -0.05) is 20.3 Å². The van der Waals surface area contributed by atoms with E-state index in [4.69, 9.17) is 15.2 Å². The van der Waals surface area contributed by atoms with E-state index in [9.17, 15) is 9.59 Å². The maximum absolute atomic E-state index is 13.4. The predicted molar refractivity (Wildman–Crippen MR) is 112 cm³/mol. The minimum absolute atomic E-state index is 0.0208. The molecule has 30 heavy (non-hydrogen) atoms. The van der Waals surface area contributed by atoms with Crippen LogP contribution in [0, 0.1) is 17.8 Å². The van der Waals surface area contributed by atoms with Crippen molar-refractivity contribution in [3.8, 4) is 0 Å². The van der Waals surface area contributed by atoms with Gasteiger partial charge in [0.2, 0.25) is 0 Å². The van der Waals surface area contributed by atoms with Crippen molar-refractivity contribution in [2.75, 3.05) is 7.11 Å². The minimum atomic E-state index is -1.24. The summed E-state index contributed by atoms with van der Waals surface area (Å²) in [6.45, 7) is 4.88. The van der Waals surface area contributed by atoms with Crippen molar-refractivity contribution in [3.05, 3.63) is 33.2 Å². The van der Waals surface area contributed by atoms with Gasteiger partial charge in [0, 0.05) is 31.3 Å². The first-order valence-electron chi connectivity index (χ1n) is 11.4. The second-order valence-corrected chi connectivity index (χ2v) is 9.60. The Kier molecular flexibility index (Phi) is 4.84. The third-order valence-corrected chi connectivity index (χ3v) is 8.47. The molecular weight excluding hydrogens is 382 g/mol. The minimum Gasteiger partial charge on any atom is -0.459 e. The third kappa shape index (κ3) is 2.68. The van der Waals surface area contributed by atoms with Gasteiger partial charge < -0.3 is 25.1 Å². The lowest BCUT2D eigenvalue weighted by Crippen LogP contribution is -2.54. The van der Waals surface area contributed by atoms with Gasteiger partial charge in [-0.3, -0.25) is 4.79 Å². The fraction of sp³-hybridized carbons (Fsp3) is 0.739. The Morgan fingerprint density at radius 3 is 2.80 bits per heavy atom. The highest BCUT2D eigenvalue weighted by atomic mass is 16.5. The third-order valence-electron chi connectivity index (χ3n) is 8.47. The van der Waals surface area contributed by atoms with Crippen LogP contribution in [0.15, 0.2) is 10.9 Å². The molecule has 4 heterocycles. The normalized spacial score (nSPS) is 39.5. The molecule has 0 bridgehead atoms. The van der Waals surface area contributed by atoms with Crippen LogP contribution < -0.4 is 16.6 Å². The highest BCUT2D eigenvalue weighted by Crippen LogP contribution is 2.49. The van der Waals surface area contributed by atoms with E-state index in [1.165, 1.54) is 0 Å². The van der Waals surface area contributed by atoms with Crippen molar-refractivity contribution in [2.24, 2.45) is 23.5 Å². The molecule has 1 saturated heterocycles. The van der Waals surface area contributed by atoms with E-state index in [2.05, 4.69) is 12.2 Å². The van der Waals surface area contributed by atoms with Gasteiger partial charge in [0.05, 0.1) is 17.7 Å². The Morgan fingerprint density at radius 2 is 2.10 bits per heavy atom. The molecule has 1 aromatic heterocycles. The van der Waals surface area contributed by atoms with Crippen molar-refractivity contribution in [2.45, 2.75) is 82.8 Å². The zero-order valence-corrected chi connectivity index (χ0v) is 18.1. The molecule has 6 unspecified atom stereocenters. The molecule has 0 radical (unpaired) electrons. The van der Waals surface area contributed by atoms with Gasteiger partial charge in [-0.15, -0.1) is 0 Å². The molecule has 1 aliphatic carbocycles. The lowest BCUT2D eigenvalue weighted by atomic mass is 9.65. The fourth-order valence-electron chi connectivity index (χ4n) is 6.74. The van der Waals surface area contributed by atoms with E-state index in [0.717, 1.165) is 37.9 Å². The number of carbonyl (C=O) groups excluding carboxylic acids is 1. The molecule has 7 atom stereocenters. The number of hydrogen-bond donors (Lipinski definition) is 2. The summed E-state index contributed by atoms with van der Waals surface area (Å²) in [6, 6.07) is 2.61. The van der Waals surface area contributed by atoms with Gasteiger partial charge in [-0.25, -0.2) is 4.79 Å². The number of aromatic nitrogens is 1. The first-order valence-corrected chi connectivity index (χ1v) is 11.4. The van der Waals surface area contributed by atoms with Crippen LogP contribution in [0.2, 0.25) is 0 Å². The molecule has 7 heteroatoms. The summed E-state index contributed by atoms with van der Waals surface area (Å²) in [5.41, 5.74) is 7.41. The van der Waals surface area contributed by atoms with Crippen LogP contribution in [0.1, 0.15) is 68.8 Å². The molecule has 2 fully saturated rings. The number of esters is 1.